The Hall–Kier alpha value is -1.73. The molecule has 2 aromatic rings. The molecule has 0 atom stereocenters. The second-order valence-electron chi connectivity index (χ2n) is 2.95. The van der Waals surface area contributed by atoms with Gasteiger partial charge in [-0.25, -0.2) is 4.52 Å². The van der Waals surface area contributed by atoms with E-state index in [4.69, 9.17) is 9.52 Å². The Morgan fingerprint density at radius 2 is 2.43 bits per heavy atom. The van der Waals surface area contributed by atoms with Crippen LogP contribution in [-0.2, 0) is 6.42 Å². The lowest BCUT2D eigenvalue weighted by Gasteiger charge is -1.82. The van der Waals surface area contributed by atoms with Crippen LogP contribution in [0.3, 0.4) is 0 Å². The third-order valence-corrected chi connectivity index (χ3v) is 1.79. The Labute approximate surface area is 81.2 Å². The van der Waals surface area contributed by atoms with E-state index in [1.54, 1.807) is 10.7 Å². The molecule has 0 aliphatic heterocycles. The van der Waals surface area contributed by atoms with Crippen LogP contribution in [0.5, 0.6) is 0 Å². The molecule has 2 rings (SSSR count). The smallest absolute Gasteiger partial charge is 0.222 e. The van der Waals surface area contributed by atoms with Gasteiger partial charge in [0.05, 0.1) is 18.3 Å². The van der Waals surface area contributed by atoms with Gasteiger partial charge in [0.1, 0.15) is 12.4 Å². The van der Waals surface area contributed by atoms with E-state index in [0.29, 0.717) is 6.42 Å². The van der Waals surface area contributed by atoms with E-state index < -0.39 is 0 Å². The van der Waals surface area contributed by atoms with Crippen molar-refractivity contribution in [2.45, 2.75) is 13.3 Å². The standard InChI is InChI=1S/C10H10N2O2/c1-8-6-10-12(11-8)7-9(14-10)4-2-3-5-13/h6-7,13H,4-5H2,1H3. The summed E-state index contributed by atoms with van der Waals surface area (Å²) in [6.45, 7) is 1.80. The minimum atomic E-state index is -0.114. The molecule has 0 saturated heterocycles. The van der Waals surface area contributed by atoms with E-state index in [9.17, 15) is 0 Å². The molecule has 14 heavy (non-hydrogen) atoms. The third kappa shape index (κ3) is 1.63. The maximum atomic E-state index is 8.46. The Morgan fingerprint density at radius 3 is 3.14 bits per heavy atom. The molecule has 1 N–H and O–H groups in total. The van der Waals surface area contributed by atoms with Crippen LogP contribution in [0.15, 0.2) is 16.7 Å². The number of aliphatic hydroxyl groups excluding tert-OH is 1. The van der Waals surface area contributed by atoms with Crippen molar-refractivity contribution >= 4 is 5.71 Å². The van der Waals surface area contributed by atoms with Crippen LogP contribution < -0.4 is 0 Å². The Bertz CT molecular complexity index is 467. The molecule has 2 heterocycles. The number of hydrogen-bond donors (Lipinski definition) is 1. The van der Waals surface area contributed by atoms with E-state index in [-0.39, 0.29) is 6.61 Å². The van der Waals surface area contributed by atoms with Crippen LogP contribution in [0.2, 0.25) is 0 Å². The number of aliphatic hydroxyl groups is 1. The van der Waals surface area contributed by atoms with Crippen LogP contribution in [-0.4, -0.2) is 21.3 Å². The van der Waals surface area contributed by atoms with Crippen molar-refractivity contribution in [3.8, 4) is 11.8 Å². The van der Waals surface area contributed by atoms with E-state index in [0.717, 1.165) is 17.2 Å². The molecule has 4 nitrogen and oxygen atoms in total. The predicted molar refractivity (Wildman–Crippen MR) is 50.8 cm³/mol. The van der Waals surface area contributed by atoms with E-state index >= 15 is 0 Å². The normalized spacial score (nSPS) is 10.1. The quantitative estimate of drug-likeness (QED) is 0.676. The van der Waals surface area contributed by atoms with Crippen LogP contribution in [0, 0.1) is 18.8 Å². The van der Waals surface area contributed by atoms with Crippen molar-refractivity contribution in [2.24, 2.45) is 0 Å². The van der Waals surface area contributed by atoms with Crippen molar-refractivity contribution in [3.63, 3.8) is 0 Å². The first kappa shape index (κ1) is 8.85. The monoisotopic (exact) mass is 190 g/mol. The summed E-state index contributed by atoms with van der Waals surface area (Å²) in [5, 5.41) is 12.6. The topological polar surface area (TPSA) is 50.7 Å². The number of fused-ring (bicyclic) bond motifs is 1. The molecular formula is C10H10N2O2. The fraction of sp³-hybridized carbons (Fsp3) is 0.300. The molecule has 72 valence electrons. The van der Waals surface area contributed by atoms with E-state index in [1.807, 2.05) is 13.0 Å². The van der Waals surface area contributed by atoms with Crippen LogP contribution >= 0.6 is 0 Å². The number of nitrogens with zero attached hydrogens (tertiary/aromatic N) is 2. The largest absolute Gasteiger partial charge is 0.441 e. The number of rotatable bonds is 1. The van der Waals surface area contributed by atoms with Gasteiger partial charge in [-0.1, -0.05) is 11.8 Å². The van der Waals surface area contributed by atoms with Gasteiger partial charge >= 0.3 is 0 Å². The number of aryl methyl sites for hydroxylation is 1. The summed E-state index contributed by atoms with van der Waals surface area (Å²) >= 11 is 0. The minimum Gasteiger partial charge on any atom is -0.441 e. The Morgan fingerprint density at radius 1 is 1.57 bits per heavy atom. The molecular weight excluding hydrogens is 180 g/mol. The summed E-state index contributed by atoms with van der Waals surface area (Å²) < 4.78 is 7.14. The highest BCUT2D eigenvalue weighted by molar-refractivity contribution is 5.36. The van der Waals surface area contributed by atoms with Crippen molar-refractivity contribution in [2.75, 3.05) is 6.61 Å². The summed E-state index contributed by atoms with van der Waals surface area (Å²) in [5.41, 5.74) is 1.65. The molecule has 2 aromatic heterocycles. The van der Waals surface area contributed by atoms with E-state index in [1.165, 1.54) is 0 Å². The fourth-order valence-electron chi connectivity index (χ4n) is 1.25. The van der Waals surface area contributed by atoms with Gasteiger partial charge < -0.3 is 9.52 Å². The van der Waals surface area contributed by atoms with Crippen molar-refractivity contribution in [1.82, 2.24) is 9.61 Å². The predicted octanol–water partition coefficient (Wildman–Crippen LogP) is 0.774. The Kier molecular flexibility index (Phi) is 2.25. The van der Waals surface area contributed by atoms with Gasteiger partial charge in [-0.15, -0.1) is 0 Å². The highest BCUT2D eigenvalue weighted by atomic mass is 16.4. The van der Waals surface area contributed by atoms with Crippen LogP contribution in [0.4, 0.5) is 0 Å². The lowest BCUT2D eigenvalue weighted by Crippen LogP contribution is -1.82. The summed E-state index contributed by atoms with van der Waals surface area (Å²) in [4.78, 5) is 0. The van der Waals surface area contributed by atoms with Gasteiger partial charge in [0, 0.05) is 6.07 Å². The van der Waals surface area contributed by atoms with Gasteiger partial charge in [-0.05, 0) is 6.92 Å². The zero-order valence-corrected chi connectivity index (χ0v) is 7.82. The zero-order valence-electron chi connectivity index (χ0n) is 7.82. The molecule has 0 aromatic carbocycles. The fourth-order valence-corrected chi connectivity index (χ4v) is 1.25. The first-order valence-corrected chi connectivity index (χ1v) is 4.31. The first-order chi connectivity index (χ1) is 6.79. The molecule has 0 amide bonds. The molecule has 0 spiro atoms. The molecule has 0 unspecified atom stereocenters. The van der Waals surface area contributed by atoms with Gasteiger partial charge in [-0.3, -0.25) is 0 Å². The highest BCUT2D eigenvalue weighted by Crippen LogP contribution is 2.11. The molecule has 0 saturated carbocycles. The second-order valence-corrected chi connectivity index (χ2v) is 2.95. The summed E-state index contributed by atoms with van der Waals surface area (Å²) in [6.07, 6.45) is 2.30. The summed E-state index contributed by atoms with van der Waals surface area (Å²) in [6, 6.07) is 1.86. The molecule has 0 aliphatic carbocycles. The van der Waals surface area contributed by atoms with Gasteiger partial charge in [-0.2, -0.15) is 5.10 Å². The average Bonchev–Trinajstić information content (AvgIpc) is 2.61. The van der Waals surface area contributed by atoms with Crippen LogP contribution in [0.25, 0.3) is 5.71 Å². The highest BCUT2D eigenvalue weighted by Gasteiger charge is 2.03. The second kappa shape index (κ2) is 3.56. The van der Waals surface area contributed by atoms with Crippen molar-refractivity contribution < 1.29 is 9.52 Å². The maximum Gasteiger partial charge on any atom is 0.222 e. The molecule has 0 bridgehead atoms. The van der Waals surface area contributed by atoms with Gasteiger partial charge in [0.25, 0.3) is 0 Å². The zero-order chi connectivity index (χ0) is 9.97. The number of aromatic nitrogens is 2. The molecule has 0 radical (unpaired) electrons. The van der Waals surface area contributed by atoms with Gasteiger partial charge in [0.2, 0.25) is 5.71 Å². The molecule has 0 fully saturated rings. The van der Waals surface area contributed by atoms with Gasteiger partial charge in [0.15, 0.2) is 0 Å². The lowest BCUT2D eigenvalue weighted by atomic mass is 10.3. The SMILES string of the molecule is Cc1cc2oc(CC#CCO)cn2n1. The minimum absolute atomic E-state index is 0.114. The third-order valence-electron chi connectivity index (χ3n) is 1.79. The first-order valence-electron chi connectivity index (χ1n) is 4.31. The lowest BCUT2D eigenvalue weighted by molar-refractivity contribution is 0.350. The molecule has 4 heteroatoms. The summed E-state index contributed by atoms with van der Waals surface area (Å²) in [7, 11) is 0. The summed E-state index contributed by atoms with van der Waals surface area (Å²) in [5.74, 6) is 6.10. The van der Waals surface area contributed by atoms with Crippen LogP contribution in [0.1, 0.15) is 11.5 Å². The number of oxazole rings is 1. The van der Waals surface area contributed by atoms with E-state index in [2.05, 4.69) is 16.9 Å². The Balaban J connectivity index is 2.23. The molecule has 0 aliphatic rings. The maximum absolute atomic E-state index is 8.46. The average molecular weight is 190 g/mol. The van der Waals surface area contributed by atoms with Crippen molar-refractivity contribution in [3.05, 3.63) is 23.7 Å². The number of hydrogen-bond acceptors (Lipinski definition) is 3. The van der Waals surface area contributed by atoms with Crippen molar-refractivity contribution in [1.29, 1.82) is 0 Å².